The van der Waals surface area contributed by atoms with Crippen molar-refractivity contribution in [1.82, 2.24) is 15.2 Å². The number of hydrogen-bond acceptors (Lipinski definition) is 4. The predicted molar refractivity (Wildman–Crippen MR) is 81.9 cm³/mol. The number of halogens is 1. The van der Waals surface area contributed by atoms with Gasteiger partial charge >= 0.3 is 0 Å². The third-order valence-corrected chi connectivity index (χ3v) is 3.34. The van der Waals surface area contributed by atoms with Crippen molar-refractivity contribution in [2.24, 2.45) is 0 Å². The molecule has 0 aliphatic carbocycles. The Hall–Kier alpha value is -1.79. The van der Waals surface area contributed by atoms with Crippen LogP contribution < -0.4 is 5.32 Å². The van der Waals surface area contributed by atoms with Crippen LogP contribution in [0.15, 0.2) is 35.5 Å². The first-order valence-corrected chi connectivity index (χ1v) is 7.34. The summed E-state index contributed by atoms with van der Waals surface area (Å²) in [5, 5.41) is 10.6. The maximum Gasteiger partial charge on any atom is 0.248 e. The Labute approximate surface area is 125 Å². The molecule has 20 heavy (non-hydrogen) atoms. The molecule has 0 atom stereocenters. The van der Waals surface area contributed by atoms with E-state index in [2.05, 4.69) is 20.5 Å². The molecular formula is C13H13ClN4OS. The molecule has 104 valence electrons. The van der Waals surface area contributed by atoms with Crippen molar-refractivity contribution < 1.29 is 4.79 Å². The molecule has 0 radical (unpaired) electrons. The number of H-pyrrole nitrogens is 1. The number of carbonyl (C=O) groups is 1. The van der Waals surface area contributed by atoms with E-state index in [9.17, 15) is 4.79 Å². The highest BCUT2D eigenvalue weighted by Gasteiger charge is 2.03. The monoisotopic (exact) mass is 308 g/mol. The Bertz CT molecular complexity index is 626. The van der Waals surface area contributed by atoms with E-state index in [0.717, 1.165) is 5.75 Å². The summed E-state index contributed by atoms with van der Waals surface area (Å²) in [6.07, 6.45) is 2.95. The van der Waals surface area contributed by atoms with Crippen LogP contribution in [0.2, 0.25) is 5.02 Å². The standard InChI is InChI=1S/C13H13ClN4OS/c1-2-20-13-16-11(17-18-13)7-8-12(19)15-10-6-4-3-5-9(10)14/h3-8H,2H2,1H3,(H,15,19)(H,16,17,18)/b8-7+. The number of anilines is 1. The van der Waals surface area contributed by atoms with Crippen LogP contribution in [0.25, 0.3) is 6.08 Å². The number of nitrogens with one attached hydrogen (secondary N) is 2. The minimum absolute atomic E-state index is 0.279. The zero-order valence-electron chi connectivity index (χ0n) is 10.8. The van der Waals surface area contributed by atoms with Crippen molar-refractivity contribution in [3.05, 3.63) is 41.2 Å². The number of amides is 1. The fourth-order valence-electron chi connectivity index (χ4n) is 1.42. The fraction of sp³-hybridized carbons (Fsp3) is 0.154. The van der Waals surface area contributed by atoms with Gasteiger partial charge in [0.1, 0.15) is 5.82 Å². The van der Waals surface area contributed by atoms with E-state index in [1.807, 2.05) is 6.92 Å². The molecule has 0 unspecified atom stereocenters. The highest BCUT2D eigenvalue weighted by atomic mass is 35.5. The molecule has 1 amide bonds. The molecule has 0 aliphatic rings. The molecule has 0 aliphatic heterocycles. The number of benzene rings is 1. The Morgan fingerprint density at radius 3 is 3.05 bits per heavy atom. The molecule has 0 saturated heterocycles. The van der Waals surface area contributed by atoms with Gasteiger partial charge in [-0.05, 0) is 24.0 Å². The Morgan fingerprint density at radius 1 is 1.50 bits per heavy atom. The van der Waals surface area contributed by atoms with Gasteiger partial charge in [-0.2, -0.15) is 0 Å². The lowest BCUT2D eigenvalue weighted by Gasteiger charge is -2.03. The third-order valence-electron chi connectivity index (χ3n) is 2.28. The first kappa shape index (κ1) is 14.6. The van der Waals surface area contributed by atoms with Gasteiger partial charge in [0, 0.05) is 6.08 Å². The summed E-state index contributed by atoms with van der Waals surface area (Å²) in [6, 6.07) is 7.05. The molecule has 0 spiro atoms. The summed E-state index contributed by atoms with van der Waals surface area (Å²) >= 11 is 7.48. The van der Waals surface area contributed by atoms with Gasteiger partial charge in [0.15, 0.2) is 0 Å². The first-order chi connectivity index (χ1) is 9.69. The summed E-state index contributed by atoms with van der Waals surface area (Å²) in [7, 11) is 0. The molecule has 0 fully saturated rings. The van der Waals surface area contributed by atoms with Crippen molar-refractivity contribution in [2.75, 3.05) is 11.1 Å². The molecule has 0 saturated carbocycles. The minimum Gasteiger partial charge on any atom is -0.321 e. The van der Waals surface area contributed by atoms with E-state index in [0.29, 0.717) is 21.7 Å². The van der Waals surface area contributed by atoms with Crippen molar-refractivity contribution in [2.45, 2.75) is 12.1 Å². The molecule has 1 aromatic carbocycles. The van der Waals surface area contributed by atoms with Crippen LogP contribution in [0.1, 0.15) is 12.7 Å². The highest BCUT2D eigenvalue weighted by Crippen LogP contribution is 2.20. The number of thioether (sulfide) groups is 1. The van der Waals surface area contributed by atoms with Crippen LogP contribution in [0.3, 0.4) is 0 Å². The van der Waals surface area contributed by atoms with Gasteiger partial charge in [0.2, 0.25) is 11.1 Å². The Kier molecular flexibility index (Phi) is 5.20. The normalized spacial score (nSPS) is 10.9. The molecule has 7 heteroatoms. The third kappa shape index (κ3) is 4.11. The zero-order valence-corrected chi connectivity index (χ0v) is 12.3. The highest BCUT2D eigenvalue weighted by molar-refractivity contribution is 7.99. The number of para-hydroxylation sites is 1. The van der Waals surface area contributed by atoms with E-state index in [1.54, 1.807) is 30.3 Å². The molecule has 2 aromatic rings. The molecule has 0 bridgehead atoms. The minimum atomic E-state index is -0.279. The van der Waals surface area contributed by atoms with Crippen LogP contribution >= 0.6 is 23.4 Å². The zero-order chi connectivity index (χ0) is 14.4. The number of rotatable bonds is 5. The average Bonchev–Trinajstić information content (AvgIpc) is 2.87. The predicted octanol–water partition coefficient (Wildman–Crippen LogP) is 3.22. The van der Waals surface area contributed by atoms with Crippen molar-refractivity contribution >= 4 is 41.0 Å². The Morgan fingerprint density at radius 2 is 2.30 bits per heavy atom. The summed E-state index contributed by atoms with van der Waals surface area (Å²) in [5.74, 6) is 1.16. The van der Waals surface area contributed by atoms with Crippen LogP contribution in [0.5, 0.6) is 0 Å². The maximum absolute atomic E-state index is 11.7. The molecule has 5 nitrogen and oxygen atoms in total. The van der Waals surface area contributed by atoms with Crippen molar-refractivity contribution in [1.29, 1.82) is 0 Å². The van der Waals surface area contributed by atoms with Crippen LogP contribution in [0, 0.1) is 0 Å². The maximum atomic E-state index is 11.7. The van der Waals surface area contributed by atoms with Gasteiger partial charge < -0.3 is 5.32 Å². The topological polar surface area (TPSA) is 70.7 Å². The van der Waals surface area contributed by atoms with Gasteiger partial charge in [-0.1, -0.05) is 42.4 Å². The van der Waals surface area contributed by atoms with Crippen LogP contribution in [-0.2, 0) is 4.79 Å². The van der Waals surface area contributed by atoms with Gasteiger partial charge in [0.25, 0.3) is 0 Å². The van der Waals surface area contributed by atoms with E-state index in [1.165, 1.54) is 17.8 Å². The fourth-order valence-corrected chi connectivity index (χ4v) is 2.13. The second-order valence-electron chi connectivity index (χ2n) is 3.74. The largest absolute Gasteiger partial charge is 0.321 e. The second-order valence-corrected chi connectivity index (χ2v) is 5.38. The summed E-state index contributed by atoms with van der Waals surface area (Å²) < 4.78 is 0. The lowest BCUT2D eigenvalue weighted by Crippen LogP contribution is -2.08. The van der Waals surface area contributed by atoms with Gasteiger partial charge in [-0.25, -0.2) is 4.98 Å². The number of carbonyl (C=O) groups excluding carboxylic acids is 1. The lowest BCUT2D eigenvalue weighted by atomic mass is 10.3. The first-order valence-electron chi connectivity index (χ1n) is 5.98. The Balaban J connectivity index is 1.96. The van der Waals surface area contributed by atoms with E-state index in [-0.39, 0.29) is 5.91 Å². The molecular weight excluding hydrogens is 296 g/mol. The quantitative estimate of drug-likeness (QED) is 0.657. The summed E-state index contributed by atoms with van der Waals surface area (Å²) in [4.78, 5) is 15.9. The van der Waals surface area contributed by atoms with Gasteiger partial charge in [-0.3, -0.25) is 9.89 Å². The molecule has 2 N–H and O–H groups in total. The van der Waals surface area contributed by atoms with E-state index >= 15 is 0 Å². The van der Waals surface area contributed by atoms with Crippen LogP contribution in [0.4, 0.5) is 5.69 Å². The molecule has 2 rings (SSSR count). The SMILES string of the molecule is CCSc1n[nH]c(/C=C/C(=O)Nc2ccccc2Cl)n1. The van der Waals surface area contributed by atoms with E-state index in [4.69, 9.17) is 11.6 Å². The van der Waals surface area contributed by atoms with Crippen molar-refractivity contribution in [3.63, 3.8) is 0 Å². The summed E-state index contributed by atoms with van der Waals surface area (Å²) in [6.45, 7) is 2.02. The second kappa shape index (κ2) is 7.12. The van der Waals surface area contributed by atoms with E-state index < -0.39 is 0 Å². The number of aromatic amines is 1. The number of aromatic nitrogens is 3. The molecule has 1 heterocycles. The molecule has 1 aromatic heterocycles. The smallest absolute Gasteiger partial charge is 0.248 e. The summed E-state index contributed by atoms with van der Waals surface area (Å²) in [5.41, 5.74) is 0.573. The lowest BCUT2D eigenvalue weighted by molar-refractivity contribution is -0.111. The number of nitrogens with zero attached hydrogens (tertiary/aromatic N) is 2. The average molecular weight is 309 g/mol. The van der Waals surface area contributed by atoms with Gasteiger partial charge in [0.05, 0.1) is 10.7 Å². The number of hydrogen-bond donors (Lipinski definition) is 2. The van der Waals surface area contributed by atoms with Gasteiger partial charge in [-0.15, -0.1) is 5.10 Å². The van der Waals surface area contributed by atoms with Crippen LogP contribution in [-0.4, -0.2) is 26.8 Å². The van der Waals surface area contributed by atoms with Crippen molar-refractivity contribution in [3.8, 4) is 0 Å².